The first-order valence-electron chi connectivity index (χ1n) is 6.90. The number of rotatable bonds is 4. The van der Waals surface area contributed by atoms with Crippen molar-refractivity contribution in [2.75, 3.05) is 6.54 Å². The Hall–Kier alpha value is -1.26. The predicted molar refractivity (Wildman–Crippen MR) is 67.3 cm³/mol. The summed E-state index contributed by atoms with van der Waals surface area (Å²) in [4.78, 5) is 22.8. The molecule has 3 N–H and O–H groups in total. The Morgan fingerprint density at radius 2 is 1.78 bits per heavy atom. The minimum absolute atomic E-state index is 0.213. The zero-order chi connectivity index (χ0) is 13.0. The van der Waals surface area contributed by atoms with Crippen molar-refractivity contribution in [3.8, 4) is 0 Å². The molecule has 0 saturated heterocycles. The highest BCUT2D eigenvalue weighted by molar-refractivity contribution is 5.78. The number of carboxylic acid groups (broad SMARTS) is 1. The lowest BCUT2D eigenvalue weighted by Gasteiger charge is -2.37. The van der Waals surface area contributed by atoms with E-state index >= 15 is 0 Å². The SMILES string of the molecule is O=C(NCC1(C(=O)O)CCC1)NC1CCCCC1. The predicted octanol–water partition coefficient (Wildman–Crippen LogP) is 1.87. The second-order valence-electron chi connectivity index (χ2n) is 5.60. The van der Waals surface area contributed by atoms with Gasteiger partial charge in [0.2, 0.25) is 0 Å². The summed E-state index contributed by atoms with van der Waals surface area (Å²) in [6, 6.07) is 0.0512. The number of amides is 2. The van der Waals surface area contributed by atoms with Crippen LogP contribution in [0.3, 0.4) is 0 Å². The van der Waals surface area contributed by atoms with Gasteiger partial charge < -0.3 is 15.7 Å². The summed E-state index contributed by atoms with van der Waals surface area (Å²) in [5, 5.41) is 14.8. The van der Waals surface area contributed by atoms with Crippen molar-refractivity contribution in [1.29, 1.82) is 0 Å². The molecule has 2 aliphatic carbocycles. The van der Waals surface area contributed by atoms with Crippen molar-refractivity contribution in [3.63, 3.8) is 0 Å². The number of nitrogens with one attached hydrogen (secondary N) is 2. The molecule has 0 atom stereocenters. The summed E-state index contributed by atoms with van der Waals surface area (Å²) in [6.45, 7) is 0.251. The average Bonchev–Trinajstić information content (AvgIpc) is 2.28. The van der Waals surface area contributed by atoms with Gasteiger partial charge in [-0.1, -0.05) is 25.7 Å². The van der Waals surface area contributed by atoms with Gasteiger partial charge in [-0.2, -0.15) is 0 Å². The Morgan fingerprint density at radius 3 is 2.28 bits per heavy atom. The monoisotopic (exact) mass is 254 g/mol. The van der Waals surface area contributed by atoms with Crippen LogP contribution in [-0.4, -0.2) is 29.7 Å². The maximum atomic E-state index is 11.7. The van der Waals surface area contributed by atoms with Crippen LogP contribution in [0.4, 0.5) is 4.79 Å². The van der Waals surface area contributed by atoms with Gasteiger partial charge in [-0.15, -0.1) is 0 Å². The normalized spacial score (nSPS) is 22.9. The maximum Gasteiger partial charge on any atom is 0.315 e. The quantitative estimate of drug-likeness (QED) is 0.716. The van der Waals surface area contributed by atoms with Gasteiger partial charge in [0.25, 0.3) is 0 Å². The summed E-state index contributed by atoms with van der Waals surface area (Å²) < 4.78 is 0. The highest BCUT2D eigenvalue weighted by Crippen LogP contribution is 2.40. The van der Waals surface area contributed by atoms with E-state index in [1.165, 1.54) is 19.3 Å². The molecule has 0 heterocycles. The minimum atomic E-state index is -0.785. The third-order valence-electron chi connectivity index (χ3n) is 4.29. The lowest BCUT2D eigenvalue weighted by Crippen LogP contribution is -2.51. The van der Waals surface area contributed by atoms with Crippen LogP contribution in [0.25, 0.3) is 0 Å². The van der Waals surface area contributed by atoms with Crippen LogP contribution in [0.2, 0.25) is 0 Å². The summed E-state index contributed by atoms with van der Waals surface area (Å²) in [5.74, 6) is -0.785. The fourth-order valence-electron chi connectivity index (χ4n) is 2.80. The van der Waals surface area contributed by atoms with Crippen LogP contribution in [0.15, 0.2) is 0 Å². The van der Waals surface area contributed by atoms with Crippen molar-refractivity contribution in [1.82, 2.24) is 10.6 Å². The molecule has 18 heavy (non-hydrogen) atoms. The third kappa shape index (κ3) is 2.94. The molecular weight excluding hydrogens is 232 g/mol. The van der Waals surface area contributed by atoms with Crippen LogP contribution in [0, 0.1) is 5.41 Å². The highest BCUT2D eigenvalue weighted by Gasteiger charge is 2.44. The van der Waals surface area contributed by atoms with Gasteiger partial charge in [0.1, 0.15) is 0 Å². The van der Waals surface area contributed by atoms with Gasteiger partial charge in [-0.05, 0) is 25.7 Å². The lowest BCUT2D eigenvalue weighted by atomic mass is 9.69. The van der Waals surface area contributed by atoms with E-state index in [2.05, 4.69) is 10.6 Å². The minimum Gasteiger partial charge on any atom is -0.481 e. The Labute approximate surface area is 107 Å². The van der Waals surface area contributed by atoms with Gasteiger partial charge in [-0.3, -0.25) is 4.79 Å². The van der Waals surface area contributed by atoms with Gasteiger partial charge in [0.15, 0.2) is 0 Å². The number of hydrogen-bond acceptors (Lipinski definition) is 2. The number of urea groups is 1. The second kappa shape index (κ2) is 5.59. The molecule has 0 spiro atoms. The van der Waals surface area contributed by atoms with E-state index in [0.717, 1.165) is 19.3 Å². The first-order valence-corrected chi connectivity index (χ1v) is 6.90. The first-order chi connectivity index (χ1) is 8.62. The summed E-state index contributed by atoms with van der Waals surface area (Å²) >= 11 is 0. The van der Waals surface area contributed by atoms with Gasteiger partial charge >= 0.3 is 12.0 Å². The molecule has 0 aromatic carbocycles. The summed E-state index contributed by atoms with van der Waals surface area (Å²) in [6.07, 6.45) is 7.96. The molecule has 0 unspecified atom stereocenters. The van der Waals surface area contributed by atoms with Crippen molar-refractivity contribution in [3.05, 3.63) is 0 Å². The van der Waals surface area contributed by atoms with Crippen LogP contribution in [0.1, 0.15) is 51.4 Å². The van der Waals surface area contributed by atoms with E-state index in [1.807, 2.05) is 0 Å². The molecule has 2 saturated carbocycles. The third-order valence-corrected chi connectivity index (χ3v) is 4.29. The van der Waals surface area contributed by atoms with E-state index < -0.39 is 11.4 Å². The lowest BCUT2D eigenvalue weighted by molar-refractivity contribution is -0.153. The molecule has 102 valence electrons. The molecule has 0 aromatic rings. The topological polar surface area (TPSA) is 78.4 Å². The average molecular weight is 254 g/mol. The van der Waals surface area contributed by atoms with Crippen LogP contribution >= 0.6 is 0 Å². The standard InChI is InChI=1S/C13H22N2O3/c16-11(17)13(7-4-8-13)9-14-12(18)15-10-5-2-1-3-6-10/h10H,1-9H2,(H,16,17)(H2,14,15,18). The Bertz CT molecular complexity index is 320. The molecule has 0 bridgehead atoms. The van der Waals surface area contributed by atoms with Gasteiger partial charge in [-0.25, -0.2) is 4.79 Å². The number of hydrogen-bond donors (Lipinski definition) is 3. The molecule has 2 fully saturated rings. The highest BCUT2D eigenvalue weighted by atomic mass is 16.4. The molecule has 5 heteroatoms. The molecule has 5 nitrogen and oxygen atoms in total. The molecule has 2 amide bonds. The smallest absolute Gasteiger partial charge is 0.315 e. The summed E-state index contributed by atoms with van der Waals surface area (Å²) in [5.41, 5.74) is -0.704. The largest absolute Gasteiger partial charge is 0.481 e. The first kappa shape index (κ1) is 13.2. The van der Waals surface area contributed by atoms with Crippen LogP contribution in [-0.2, 0) is 4.79 Å². The molecule has 2 rings (SSSR count). The Balaban J connectivity index is 1.72. The molecular formula is C13H22N2O3. The second-order valence-corrected chi connectivity index (χ2v) is 5.60. The zero-order valence-corrected chi connectivity index (χ0v) is 10.7. The molecule has 2 aliphatic rings. The fourth-order valence-corrected chi connectivity index (χ4v) is 2.80. The number of carboxylic acids is 1. The number of carbonyl (C=O) groups is 2. The fraction of sp³-hybridized carbons (Fsp3) is 0.846. The van der Waals surface area contributed by atoms with Crippen molar-refractivity contribution < 1.29 is 14.7 Å². The van der Waals surface area contributed by atoms with E-state index in [0.29, 0.717) is 12.8 Å². The maximum absolute atomic E-state index is 11.7. The van der Waals surface area contributed by atoms with Crippen molar-refractivity contribution in [2.45, 2.75) is 57.4 Å². The van der Waals surface area contributed by atoms with Crippen molar-refractivity contribution in [2.24, 2.45) is 5.41 Å². The van der Waals surface area contributed by atoms with E-state index in [4.69, 9.17) is 5.11 Å². The molecule has 0 aliphatic heterocycles. The Kier molecular flexibility index (Phi) is 4.09. The molecule has 0 radical (unpaired) electrons. The number of carbonyl (C=O) groups excluding carboxylic acids is 1. The van der Waals surface area contributed by atoms with E-state index in [1.54, 1.807) is 0 Å². The van der Waals surface area contributed by atoms with Crippen molar-refractivity contribution >= 4 is 12.0 Å². The van der Waals surface area contributed by atoms with E-state index in [9.17, 15) is 9.59 Å². The summed E-state index contributed by atoms with van der Waals surface area (Å²) in [7, 11) is 0. The Morgan fingerprint density at radius 1 is 1.11 bits per heavy atom. The van der Waals surface area contributed by atoms with Crippen LogP contribution in [0.5, 0.6) is 0 Å². The zero-order valence-electron chi connectivity index (χ0n) is 10.7. The van der Waals surface area contributed by atoms with E-state index in [-0.39, 0.29) is 18.6 Å². The van der Waals surface area contributed by atoms with Gasteiger partial charge in [0, 0.05) is 12.6 Å². The van der Waals surface area contributed by atoms with Gasteiger partial charge in [0.05, 0.1) is 5.41 Å². The van der Waals surface area contributed by atoms with Crippen LogP contribution < -0.4 is 10.6 Å². The number of aliphatic carboxylic acids is 1. The molecule has 0 aromatic heterocycles.